The van der Waals surface area contributed by atoms with Crippen LogP contribution in [0.25, 0.3) is 0 Å². The van der Waals surface area contributed by atoms with Crippen molar-refractivity contribution < 1.29 is 19.8 Å². The molecule has 0 bridgehead atoms. The minimum absolute atomic E-state index is 0.0502. The number of hydrogen-bond donors (Lipinski definition) is 5. The molecule has 39 heavy (non-hydrogen) atoms. The molecule has 5 N–H and O–H groups in total. The quantitative estimate of drug-likeness (QED) is 0.305. The van der Waals surface area contributed by atoms with Gasteiger partial charge in [0.1, 0.15) is 0 Å². The Morgan fingerprint density at radius 1 is 1.10 bits per heavy atom. The maximum atomic E-state index is 14.0. The van der Waals surface area contributed by atoms with Crippen molar-refractivity contribution in [2.75, 3.05) is 35.7 Å². The number of para-hydroxylation sites is 1. The van der Waals surface area contributed by atoms with Gasteiger partial charge in [0.2, 0.25) is 6.17 Å². The molecule has 1 aliphatic carbocycles. The van der Waals surface area contributed by atoms with Crippen LogP contribution in [0.2, 0.25) is 0 Å². The summed E-state index contributed by atoms with van der Waals surface area (Å²) in [6.45, 7) is -0.214. The van der Waals surface area contributed by atoms with E-state index in [0.717, 1.165) is 12.1 Å². The fourth-order valence-electron chi connectivity index (χ4n) is 5.06. The van der Waals surface area contributed by atoms with Gasteiger partial charge in [-0.05, 0) is 49.2 Å². The number of nitrogens with zero attached hydrogens (tertiary/aromatic N) is 3. The first-order valence-corrected chi connectivity index (χ1v) is 13.0. The number of rotatable bonds is 8. The summed E-state index contributed by atoms with van der Waals surface area (Å²) in [4.78, 5) is 37.7. The zero-order chi connectivity index (χ0) is 27.4. The molecular weight excluding hydrogens is 496 g/mol. The summed E-state index contributed by atoms with van der Waals surface area (Å²) in [6.07, 6.45) is 1.66. The van der Waals surface area contributed by atoms with Crippen molar-refractivity contribution in [1.29, 1.82) is 0 Å². The van der Waals surface area contributed by atoms with Crippen LogP contribution in [0.15, 0.2) is 77.9 Å². The summed E-state index contributed by atoms with van der Waals surface area (Å²) in [7, 11) is 1.78. The van der Waals surface area contributed by atoms with Gasteiger partial charge in [-0.15, -0.1) is 0 Å². The van der Waals surface area contributed by atoms with E-state index in [1.165, 1.54) is 4.90 Å². The van der Waals surface area contributed by atoms with Gasteiger partial charge in [-0.1, -0.05) is 36.8 Å². The molecule has 10 nitrogen and oxygen atoms in total. The predicted molar refractivity (Wildman–Crippen MR) is 150 cm³/mol. The van der Waals surface area contributed by atoms with E-state index in [1.807, 2.05) is 30.3 Å². The maximum absolute atomic E-state index is 14.0. The van der Waals surface area contributed by atoms with Crippen molar-refractivity contribution in [3.63, 3.8) is 0 Å². The molecule has 1 aliphatic heterocycles. The summed E-state index contributed by atoms with van der Waals surface area (Å²) >= 11 is 0. The van der Waals surface area contributed by atoms with Gasteiger partial charge in [-0.3, -0.25) is 9.78 Å². The Bertz CT molecular complexity index is 1370. The molecule has 3 amide bonds. The lowest BCUT2D eigenvalue weighted by Crippen LogP contribution is -2.54. The first kappa shape index (κ1) is 26.3. The van der Waals surface area contributed by atoms with Crippen molar-refractivity contribution in [2.24, 2.45) is 10.4 Å². The number of fused-ring (bicyclic) bond motifs is 1. The number of benzene rings is 2. The Kier molecular flexibility index (Phi) is 7.58. The Labute approximate surface area is 226 Å². The summed E-state index contributed by atoms with van der Waals surface area (Å²) < 4.78 is 0. The van der Waals surface area contributed by atoms with Crippen LogP contribution in [-0.4, -0.2) is 65.3 Å². The number of aliphatic hydroxyl groups excluding tert-OH is 2. The third-order valence-electron chi connectivity index (χ3n) is 7.52. The topological polar surface area (TPSA) is 139 Å². The standard InChI is InChI=1S/C29H32N6O4/c1-30-19-8-6-9-20(16-19)32-28(39)34-26-27(38)35(17-24(37)29(18-36)13-7-14-29)23-12-3-2-10-21(23)25(33-26)22-11-4-5-15-31-22/h2-6,8-12,15-16,24,26,30,36-37H,7,13-14,17-18H2,1H3,(H2,32,34,39). The van der Waals surface area contributed by atoms with Gasteiger partial charge in [0.15, 0.2) is 0 Å². The van der Waals surface area contributed by atoms with Crippen molar-refractivity contribution >= 4 is 34.7 Å². The smallest absolute Gasteiger partial charge is 0.321 e. The molecule has 202 valence electrons. The van der Waals surface area contributed by atoms with Crippen LogP contribution in [0, 0.1) is 5.41 Å². The zero-order valence-electron chi connectivity index (χ0n) is 21.7. The number of β-amino-alcohol motifs (C(OH)–C–C–N with tert-alkyl or cyclic N) is 1. The van der Waals surface area contributed by atoms with Gasteiger partial charge in [-0.2, -0.15) is 0 Å². The number of carbonyl (C=O) groups is 2. The Hall–Kier alpha value is -4.28. The number of anilines is 3. The first-order chi connectivity index (χ1) is 18.9. The largest absolute Gasteiger partial charge is 0.396 e. The Balaban J connectivity index is 1.51. The minimum atomic E-state index is -1.29. The van der Waals surface area contributed by atoms with Gasteiger partial charge in [-0.25, -0.2) is 9.79 Å². The van der Waals surface area contributed by atoms with Gasteiger partial charge < -0.3 is 31.1 Å². The summed E-state index contributed by atoms with van der Waals surface area (Å²) in [5.41, 5.74) is 2.89. The highest BCUT2D eigenvalue weighted by atomic mass is 16.3. The highest BCUT2D eigenvalue weighted by Gasteiger charge is 2.45. The second-order valence-electron chi connectivity index (χ2n) is 9.88. The first-order valence-electron chi connectivity index (χ1n) is 13.0. The average Bonchev–Trinajstić information content (AvgIpc) is 3.04. The van der Waals surface area contributed by atoms with Crippen LogP contribution < -0.4 is 20.9 Å². The SMILES string of the molecule is CNc1cccc(NC(=O)NC2N=C(c3ccccn3)c3ccccc3N(CC(O)C3(CO)CCC3)C2=O)c1. The molecule has 2 atom stereocenters. The maximum Gasteiger partial charge on any atom is 0.321 e. The number of urea groups is 1. The van der Waals surface area contributed by atoms with E-state index < -0.39 is 29.6 Å². The van der Waals surface area contributed by atoms with Gasteiger partial charge in [0.05, 0.1) is 36.3 Å². The molecule has 2 aromatic carbocycles. The number of aliphatic hydroxyl groups is 2. The average molecular weight is 529 g/mol. The van der Waals surface area contributed by atoms with Gasteiger partial charge >= 0.3 is 6.03 Å². The Morgan fingerprint density at radius 2 is 1.87 bits per heavy atom. The number of amides is 3. The van der Waals surface area contributed by atoms with E-state index in [-0.39, 0.29) is 13.2 Å². The summed E-state index contributed by atoms with van der Waals surface area (Å²) in [6, 6.07) is 19.2. The number of nitrogens with one attached hydrogen (secondary N) is 3. The number of benzodiazepines with no additional fused rings is 1. The van der Waals surface area contributed by atoms with E-state index >= 15 is 0 Å². The molecule has 10 heteroatoms. The van der Waals surface area contributed by atoms with Crippen LogP contribution in [0.5, 0.6) is 0 Å². The van der Waals surface area contributed by atoms with E-state index in [0.29, 0.717) is 41.2 Å². The lowest BCUT2D eigenvalue weighted by atomic mass is 9.65. The zero-order valence-corrected chi connectivity index (χ0v) is 21.7. The van der Waals surface area contributed by atoms with E-state index in [2.05, 4.69) is 20.9 Å². The van der Waals surface area contributed by atoms with Crippen molar-refractivity contribution in [3.8, 4) is 0 Å². The molecule has 2 aliphatic rings. The number of hydrogen-bond acceptors (Lipinski definition) is 7. The number of aliphatic imine (C=N–C) groups is 1. The third-order valence-corrected chi connectivity index (χ3v) is 7.52. The normalized spacial score (nSPS) is 18.6. The Morgan fingerprint density at radius 3 is 2.56 bits per heavy atom. The van der Waals surface area contributed by atoms with Crippen molar-refractivity contribution in [2.45, 2.75) is 31.5 Å². The van der Waals surface area contributed by atoms with Crippen LogP contribution >= 0.6 is 0 Å². The fourth-order valence-corrected chi connectivity index (χ4v) is 5.06. The van der Waals surface area contributed by atoms with Crippen LogP contribution in [0.4, 0.5) is 21.9 Å². The van der Waals surface area contributed by atoms with Crippen molar-refractivity contribution in [1.82, 2.24) is 10.3 Å². The fraction of sp³-hybridized carbons (Fsp3) is 0.310. The minimum Gasteiger partial charge on any atom is -0.396 e. The molecular formula is C29H32N6O4. The molecule has 3 aromatic rings. The third kappa shape index (κ3) is 5.34. The van der Waals surface area contributed by atoms with Crippen LogP contribution in [0.1, 0.15) is 30.5 Å². The summed E-state index contributed by atoms with van der Waals surface area (Å²) in [5, 5.41) is 29.7. The molecule has 0 radical (unpaired) electrons. The van der Waals surface area contributed by atoms with Gasteiger partial charge in [0.25, 0.3) is 5.91 Å². The molecule has 1 fully saturated rings. The number of aromatic nitrogens is 1. The lowest BCUT2D eigenvalue weighted by Gasteiger charge is -2.45. The molecule has 2 heterocycles. The second-order valence-corrected chi connectivity index (χ2v) is 9.88. The van der Waals surface area contributed by atoms with Crippen LogP contribution in [0.3, 0.4) is 0 Å². The molecule has 0 saturated heterocycles. The van der Waals surface area contributed by atoms with Crippen LogP contribution in [-0.2, 0) is 4.79 Å². The number of carbonyl (C=O) groups excluding carboxylic acids is 2. The van der Waals surface area contributed by atoms with E-state index in [4.69, 9.17) is 4.99 Å². The predicted octanol–water partition coefficient (Wildman–Crippen LogP) is 2.98. The van der Waals surface area contributed by atoms with E-state index in [9.17, 15) is 19.8 Å². The highest BCUT2D eigenvalue weighted by molar-refractivity contribution is 6.19. The van der Waals surface area contributed by atoms with Crippen molar-refractivity contribution in [3.05, 3.63) is 84.2 Å². The number of pyridine rings is 1. The summed E-state index contributed by atoms with van der Waals surface area (Å²) in [5.74, 6) is -0.501. The van der Waals surface area contributed by atoms with E-state index in [1.54, 1.807) is 49.6 Å². The molecule has 5 rings (SSSR count). The monoisotopic (exact) mass is 528 g/mol. The highest BCUT2D eigenvalue weighted by Crippen LogP contribution is 2.44. The lowest BCUT2D eigenvalue weighted by molar-refractivity contribution is -0.121. The van der Waals surface area contributed by atoms with Gasteiger partial charge in [0, 0.05) is 35.6 Å². The molecule has 1 saturated carbocycles. The molecule has 1 aromatic heterocycles. The molecule has 0 spiro atoms. The second kappa shape index (κ2) is 11.2. The molecule has 2 unspecified atom stereocenters.